The van der Waals surface area contributed by atoms with Crippen molar-refractivity contribution >= 4 is 28.3 Å². The fraction of sp³-hybridized carbons (Fsp3) is 0.250. The van der Waals surface area contributed by atoms with E-state index in [2.05, 4.69) is 11.1 Å². The lowest BCUT2D eigenvalue weighted by Gasteiger charge is -2.06. The van der Waals surface area contributed by atoms with Gasteiger partial charge in [0.15, 0.2) is 0 Å². The smallest absolute Gasteiger partial charge is 0.119 e. The van der Waals surface area contributed by atoms with Crippen LogP contribution in [0.5, 0.6) is 0 Å². The third-order valence-electron chi connectivity index (χ3n) is 1.75. The molecule has 0 aliphatic rings. The molecule has 0 spiro atoms. The van der Waals surface area contributed by atoms with Gasteiger partial charge >= 0.3 is 0 Å². The number of halogens is 1. The quantitative estimate of drug-likeness (QED) is 0.578. The van der Waals surface area contributed by atoms with E-state index in [1.54, 1.807) is 0 Å². The molecule has 1 aromatic rings. The van der Waals surface area contributed by atoms with Crippen LogP contribution in [-0.2, 0) is 0 Å². The molecule has 0 atom stereocenters. The van der Waals surface area contributed by atoms with Crippen molar-refractivity contribution in [1.82, 2.24) is 4.98 Å². The van der Waals surface area contributed by atoms with Crippen molar-refractivity contribution in [3.8, 4) is 6.07 Å². The van der Waals surface area contributed by atoms with Gasteiger partial charge in [-0.15, -0.1) is 0 Å². The van der Waals surface area contributed by atoms with E-state index in [9.17, 15) is 0 Å². The first kappa shape index (κ1) is 9.26. The lowest BCUT2D eigenvalue weighted by molar-refractivity contribution is 1.13. The van der Waals surface area contributed by atoms with E-state index in [1.165, 1.54) is 0 Å². The number of aromatic nitrogens is 1. The summed E-state index contributed by atoms with van der Waals surface area (Å²) in [5.41, 5.74) is 8.53. The Kier molecular flexibility index (Phi) is 2.52. The van der Waals surface area contributed by atoms with E-state index in [1.807, 2.05) is 36.4 Å². The number of aryl methyl sites for hydroxylation is 1. The summed E-state index contributed by atoms with van der Waals surface area (Å²) in [5, 5.41) is 8.76. The average Bonchev–Trinajstić information content (AvgIpc) is 2.01. The summed E-state index contributed by atoms with van der Waals surface area (Å²) >= 11 is 2.04. The van der Waals surface area contributed by atoms with E-state index >= 15 is 0 Å². The number of nitrogen functional groups attached to an aromatic ring is 1. The Morgan fingerprint density at radius 2 is 2.08 bits per heavy atom. The normalized spacial score (nSPS) is 9.50. The molecule has 0 aromatic carbocycles. The van der Waals surface area contributed by atoms with Crippen molar-refractivity contribution in [2.24, 2.45) is 0 Å². The molecule has 0 saturated carbocycles. The first-order valence-electron chi connectivity index (χ1n) is 3.40. The third-order valence-corrected chi connectivity index (χ3v) is 2.53. The van der Waals surface area contributed by atoms with Gasteiger partial charge in [0.1, 0.15) is 9.77 Å². The largest absolute Gasteiger partial charge is 0.397 e. The highest BCUT2D eigenvalue weighted by Gasteiger charge is 2.09. The maximum atomic E-state index is 8.76. The van der Waals surface area contributed by atoms with Gasteiger partial charge in [0.2, 0.25) is 0 Å². The van der Waals surface area contributed by atoms with E-state index in [0.717, 1.165) is 15.0 Å². The monoisotopic (exact) mass is 273 g/mol. The highest BCUT2D eigenvalue weighted by molar-refractivity contribution is 14.1. The Morgan fingerprint density at radius 3 is 2.58 bits per heavy atom. The van der Waals surface area contributed by atoms with Crippen molar-refractivity contribution in [2.45, 2.75) is 13.8 Å². The Labute approximate surface area is 84.7 Å². The van der Waals surface area contributed by atoms with E-state index < -0.39 is 0 Å². The molecule has 0 unspecified atom stereocenters. The molecule has 0 amide bonds. The molecule has 1 aromatic heterocycles. The first-order chi connectivity index (χ1) is 5.57. The van der Waals surface area contributed by atoms with E-state index in [4.69, 9.17) is 11.0 Å². The van der Waals surface area contributed by atoms with E-state index in [0.29, 0.717) is 11.3 Å². The SMILES string of the molecule is Cc1nc(I)c(C#N)c(C)c1N. The Hall–Kier alpha value is -0.830. The number of nitrogens with two attached hydrogens (primary N) is 1. The minimum atomic E-state index is 0.582. The number of nitriles is 1. The molecular weight excluding hydrogens is 265 g/mol. The maximum absolute atomic E-state index is 8.76. The summed E-state index contributed by atoms with van der Waals surface area (Å²) in [6.07, 6.45) is 0. The second kappa shape index (κ2) is 3.27. The van der Waals surface area contributed by atoms with Crippen molar-refractivity contribution in [2.75, 3.05) is 5.73 Å². The van der Waals surface area contributed by atoms with Gasteiger partial charge in [-0.05, 0) is 42.0 Å². The second-order valence-electron chi connectivity index (χ2n) is 2.51. The predicted molar refractivity (Wildman–Crippen MR) is 55.6 cm³/mol. The number of nitrogens with zero attached hydrogens (tertiary/aromatic N) is 2. The maximum Gasteiger partial charge on any atom is 0.119 e. The molecule has 1 rings (SSSR count). The summed E-state index contributed by atoms with van der Waals surface area (Å²) in [6.45, 7) is 3.68. The molecule has 12 heavy (non-hydrogen) atoms. The zero-order valence-electron chi connectivity index (χ0n) is 6.85. The van der Waals surface area contributed by atoms with Crippen LogP contribution in [0.25, 0.3) is 0 Å². The van der Waals surface area contributed by atoms with Gasteiger partial charge in [-0.1, -0.05) is 0 Å². The van der Waals surface area contributed by atoms with Crippen LogP contribution in [-0.4, -0.2) is 4.98 Å². The van der Waals surface area contributed by atoms with E-state index in [-0.39, 0.29) is 0 Å². The Balaban J connectivity index is 3.54. The van der Waals surface area contributed by atoms with Crippen molar-refractivity contribution in [3.63, 3.8) is 0 Å². The topological polar surface area (TPSA) is 62.7 Å². The molecule has 0 bridgehead atoms. The van der Waals surface area contributed by atoms with Crippen LogP contribution in [0.4, 0.5) is 5.69 Å². The van der Waals surface area contributed by atoms with Crippen LogP contribution in [0.1, 0.15) is 16.8 Å². The summed E-state index contributed by atoms with van der Waals surface area (Å²) < 4.78 is 0.722. The Bertz CT molecular complexity index is 366. The van der Waals surface area contributed by atoms with Crippen molar-refractivity contribution in [1.29, 1.82) is 5.26 Å². The number of pyridine rings is 1. The zero-order valence-corrected chi connectivity index (χ0v) is 9.01. The lowest BCUT2D eigenvalue weighted by Crippen LogP contribution is -2.02. The molecule has 62 valence electrons. The molecule has 0 radical (unpaired) electrons. The number of hydrogen-bond donors (Lipinski definition) is 1. The Morgan fingerprint density at radius 1 is 1.50 bits per heavy atom. The van der Waals surface area contributed by atoms with Gasteiger partial charge < -0.3 is 5.73 Å². The summed E-state index contributed by atoms with van der Waals surface area (Å²) in [7, 11) is 0. The summed E-state index contributed by atoms with van der Waals surface area (Å²) in [4.78, 5) is 4.14. The van der Waals surface area contributed by atoms with Crippen LogP contribution in [0, 0.1) is 28.9 Å². The third kappa shape index (κ3) is 1.37. The van der Waals surface area contributed by atoms with Crippen LogP contribution in [0.2, 0.25) is 0 Å². The molecule has 0 aliphatic carbocycles. The van der Waals surface area contributed by atoms with Gasteiger partial charge in [-0.3, -0.25) is 0 Å². The van der Waals surface area contributed by atoms with Crippen molar-refractivity contribution < 1.29 is 0 Å². The minimum absolute atomic E-state index is 0.582. The molecule has 0 fully saturated rings. The average molecular weight is 273 g/mol. The van der Waals surface area contributed by atoms with Crippen LogP contribution >= 0.6 is 22.6 Å². The van der Waals surface area contributed by atoms with Gasteiger partial charge in [0.05, 0.1) is 16.9 Å². The molecule has 4 heteroatoms. The van der Waals surface area contributed by atoms with Crippen molar-refractivity contribution in [3.05, 3.63) is 20.5 Å². The standard InChI is InChI=1S/C8H8IN3/c1-4-6(3-10)8(9)12-5(2)7(4)11/h11H2,1-2H3. The van der Waals surface area contributed by atoms with Gasteiger partial charge in [0.25, 0.3) is 0 Å². The lowest BCUT2D eigenvalue weighted by atomic mass is 10.1. The molecule has 0 saturated heterocycles. The van der Waals surface area contributed by atoms with Gasteiger partial charge in [-0.2, -0.15) is 5.26 Å². The summed E-state index contributed by atoms with van der Waals surface area (Å²) in [5.74, 6) is 0. The van der Waals surface area contributed by atoms with Gasteiger partial charge in [-0.25, -0.2) is 4.98 Å². The number of anilines is 1. The van der Waals surface area contributed by atoms with Crippen LogP contribution in [0.15, 0.2) is 0 Å². The highest BCUT2D eigenvalue weighted by atomic mass is 127. The van der Waals surface area contributed by atoms with Gasteiger partial charge in [0, 0.05) is 0 Å². The fourth-order valence-corrected chi connectivity index (χ4v) is 1.84. The molecule has 2 N–H and O–H groups in total. The highest BCUT2D eigenvalue weighted by Crippen LogP contribution is 2.21. The van der Waals surface area contributed by atoms with Crippen LogP contribution < -0.4 is 5.73 Å². The molecule has 1 heterocycles. The predicted octanol–water partition coefficient (Wildman–Crippen LogP) is 1.76. The number of rotatable bonds is 0. The van der Waals surface area contributed by atoms with Crippen LogP contribution in [0.3, 0.4) is 0 Å². The molecule has 3 nitrogen and oxygen atoms in total. The number of hydrogen-bond acceptors (Lipinski definition) is 3. The summed E-state index contributed by atoms with van der Waals surface area (Å²) in [6, 6.07) is 2.08. The second-order valence-corrected chi connectivity index (χ2v) is 3.54. The first-order valence-corrected chi connectivity index (χ1v) is 4.48. The fourth-order valence-electron chi connectivity index (χ4n) is 0.954. The molecule has 0 aliphatic heterocycles. The molecular formula is C8H8IN3. The zero-order chi connectivity index (χ0) is 9.30. The minimum Gasteiger partial charge on any atom is -0.397 e.